The third-order valence-corrected chi connectivity index (χ3v) is 8.52. The Hall–Kier alpha value is -1.84. The van der Waals surface area contributed by atoms with Crippen molar-refractivity contribution in [2.45, 2.75) is 62.2 Å². The largest absolute Gasteiger partial charge is 0.378 e. The minimum atomic E-state index is -2.98. The molecule has 1 fully saturated rings. The van der Waals surface area contributed by atoms with Gasteiger partial charge in [-0.25, -0.2) is 13.8 Å². The number of amidine groups is 1. The van der Waals surface area contributed by atoms with Gasteiger partial charge in [0.25, 0.3) is 5.92 Å². The number of thiophene rings is 1. The molecule has 1 aromatic heterocycles. The van der Waals surface area contributed by atoms with Crippen LogP contribution in [0.4, 0.5) is 8.78 Å². The highest BCUT2D eigenvalue weighted by Crippen LogP contribution is 2.61. The summed E-state index contributed by atoms with van der Waals surface area (Å²) in [7, 11) is 0. The van der Waals surface area contributed by atoms with Crippen LogP contribution in [-0.2, 0) is 5.54 Å². The van der Waals surface area contributed by atoms with Crippen LogP contribution < -0.4 is 5.73 Å². The molecular weight excluding hydrogens is 406 g/mol. The predicted molar refractivity (Wildman–Crippen MR) is 120 cm³/mol. The average Bonchev–Trinajstić information content (AvgIpc) is 3.19. The lowest BCUT2D eigenvalue weighted by molar-refractivity contribution is -0.112. The van der Waals surface area contributed by atoms with E-state index in [1.807, 2.05) is 35.7 Å². The van der Waals surface area contributed by atoms with Crippen LogP contribution in [0.5, 0.6) is 0 Å². The van der Waals surface area contributed by atoms with E-state index in [9.17, 15) is 0 Å². The predicted octanol–water partition coefficient (Wildman–Crippen LogP) is 6.40. The summed E-state index contributed by atoms with van der Waals surface area (Å²) in [6.07, 6.45) is 3.59. The second kappa shape index (κ2) is 7.45. The van der Waals surface area contributed by atoms with E-state index in [2.05, 4.69) is 16.8 Å². The summed E-state index contributed by atoms with van der Waals surface area (Å²) in [4.78, 5) is 4.89. The summed E-state index contributed by atoms with van der Waals surface area (Å²) in [5, 5.41) is 2.20. The Kier molecular flexibility index (Phi) is 5.25. The number of hydrogen-bond donors (Lipinski definition) is 1. The number of nitrogens with zero attached hydrogens (tertiary/aromatic N) is 1. The average molecular weight is 431 g/mol. The summed E-state index contributed by atoms with van der Waals surface area (Å²) >= 11 is 2.42. The summed E-state index contributed by atoms with van der Waals surface area (Å²) in [6.45, 7) is 3.34. The van der Waals surface area contributed by atoms with Crippen LogP contribution in [0.25, 0.3) is 11.1 Å². The van der Waals surface area contributed by atoms with Crippen molar-refractivity contribution in [2.24, 2.45) is 10.7 Å². The van der Waals surface area contributed by atoms with E-state index in [1.165, 1.54) is 11.3 Å². The number of alkyl halides is 2. The number of aliphatic imine (C=N–C) groups is 1. The van der Waals surface area contributed by atoms with Gasteiger partial charge in [0.1, 0.15) is 0 Å². The molecule has 1 aromatic carbocycles. The molecule has 2 aromatic rings. The Morgan fingerprint density at radius 1 is 1.10 bits per heavy atom. The molecule has 6 heteroatoms. The normalized spacial score (nSPS) is 25.2. The fraction of sp³-hybridized carbons (Fsp3) is 0.435. The molecule has 2 aliphatic rings. The summed E-state index contributed by atoms with van der Waals surface area (Å²) in [5.41, 5.74) is 7.25. The lowest BCUT2D eigenvalue weighted by Crippen LogP contribution is -2.61. The maximum Gasteiger partial charge on any atom is 0.292 e. The number of benzene rings is 1. The highest BCUT2D eigenvalue weighted by molar-refractivity contribution is 8.15. The molecule has 2 N–H and O–H groups in total. The van der Waals surface area contributed by atoms with Gasteiger partial charge in [-0.3, -0.25) is 0 Å². The Morgan fingerprint density at radius 3 is 2.59 bits per heavy atom. The lowest BCUT2D eigenvalue weighted by Gasteiger charge is -2.51. The molecule has 0 saturated heterocycles. The Balaban J connectivity index is 1.76. The van der Waals surface area contributed by atoms with Crippen molar-refractivity contribution in [3.63, 3.8) is 0 Å². The zero-order valence-electron chi connectivity index (χ0n) is 16.6. The molecular formula is C23H24F2N2S2. The van der Waals surface area contributed by atoms with Crippen LogP contribution in [0.3, 0.4) is 0 Å². The van der Waals surface area contributed by atoms with Crippen molar-refractivity contribution in [2.75, 3.05) is 0 Å². The van der Waals surface area contributed by atoms with Crippen LogP contribution in [0.2, 0.25) is 0 Å². The fourth-order valence-electron chi connectivity index (χ4n) is 4.43. The molecule has 1 aliphatic heterocycles. The van der Waals surface area contributed by atoms with Gasteiger partial charge in [0.15, 0.2) is 10.7 Å². The molecule has 0 bridgehead atoms. The highest BCUT2D eigenvalue weighted by Gasteiger charge is 2.68. The van der Waals surface area contributed by atoms with Crippen LogP contribution in [-0.4, -0.2) is 15.8 Å². The second-order valence-electron chi connectivity index (χ2n) is 7.91. The van der Waals surface area contributed by atoms with Crippen molar-refractivity contribution < 1.29 is 8.78 Å². The molecule has 4 rings (SSSR count). The standard InChI is InChI=1S/C23H24F2N2S2/c1-3-8-16-9-7-10-17(13-16)18-14-19(28-15-18)21(2)23(24,25)22(29-20(26)27-21)11-5-4-6-12-22/h7,9-10,13-15H,4-6,11-12H2,1-2H3,(H2,26,27). The monoisotopic (exact) mass is 430 g/mol. The zero-order chi connectivity index (χ0) is 20.7. The molecule has 1 unspecified atom stereocenters. The molecule has 29 heavy (non-hydrogen) atoms. The molecule has 2 heterocycles. The van der Waals surface area contributed by atoms with Gasteiger partial charge in [-0.05, 0) is 61.4 Å². The van der Waals surface area contributed by atoms with E-state index < -0.39 is 16.2 Å². The number of thioether (sulfide) groups is 1. The van der Waals surface area contributed by atoms with Crippen LogP contribution in [0, 0.1) is 11.8 Å². The number of rotatable bonds is 2. The van der Waals surface area contributed by atoms with Gasteiger partial charge in [-0.15, -0.1) is 17.3 Å². The Bertz CT molecular complexity index is 1010. The summed E-state index contributed by atoms with van der Waals surface area (Å²) in [6, 6.07) is 9.69. The Labute approximate surface area is 179 Å². The van der Waals surface area contributed by atoms with Crippen molar-refractivity contribution in [3.8, 4) is 23.0 Å². The molecule has 0 amide bonds. The molecule has 152 valence electrons. The minimum absolute atomic E-state index is 0.274. The van der Waals surface area contributed by atoms with Crippen LogP contribution in [0.15, 0.2) is 40.7 Å². The third-order valence-electron chi connectivity index (χ3n) is 6.02. The minimum Gasteiger partial charge on any atom is -0.378 e. The third kappa shape index (κ3) is 3.29. The molecule has 0 radical (unpaired) electrons. The second-order valence-corrected chi connectivity index (χ2v) is 10.2. The quantitative estimate of drug-likeness (QED) is 0.560. The van der Waals surface area contributed by atoms with Crippen molar-refractivity contribution in [3.05, 3.63) is 46.2 Å². The number of hydrogen-bond acceptors (Lipinski definition) is 4. The first-order valence-corrected chi connectivity index (χ1v) is 11.6. The van der Waals surface area contributed by atoms with E-state index in [-0.39, 0.29) is 5.17 Å². The maximum absolute atomic E-state index is 16.0. The zero-order valence-corrected chi connectivity index (χ0v) is 18.2. The molecule has 1 spiro atoms. The van der Waals surface area contributed by atoms with Gasteiger partial charge in [0.2, 0.25) is 0 Å². The topological polar surface area (TPSA) is 38.4 Å². The number of nitrogens with two attached hydrogens (primary N) is 1. The number of halogens is 2. The van der Waals surface area contributed by atoms with E-state index in [4.69, 9.17) is 5.73 Å². The fourth-order valence-corrected chi connectivity index (χ4v) is 6.94. The van der Waals surface area contributed by atoms with Crippen LogP contribution >= 0.6 is 23.1 Å². The van der Waals surface area contributed by atoms with E-state index in [0.717, 1.165) is 47.7 Å². The van der Waals surface area contributed by atoms with Gasteiger partial charge >= 0.3 is 0 Å². The van der Waals surface area contributed by atoms with Gasteiger partial charge in [-0.2, -0.15) is 0 Å². The maximum atomic E-state index is 16.0. The van der Waals surface area contributed by atoms with Crippen molar-refractivity contribution in [1.29, 1.82) is 0 Å². The smallest absolute Gasteiger partial charge is 0.292 e. The van der Waals surface area contributed by atoms with Gasteiger partial charge < -0.3 is 5.73 Å². The van der Waals surface area contributed by atoms with Crippen molar-refractivity contribution in [1.82, 2.24) is 0 Å². The summed E-state index contributed by atoms with van der Waals surface area (Å²) < 4.78 is 30.9. The first kappa shape index (κ1) is 20.4. The molecule has 1 saturated carbocycles. The summed E-state index contributed by atoms with van der Waals surface area (Å²) in [5.74, 6) is 2.96. The molecule has 2 nitrogen and oxygen atoms in total. The van der Waals surface area contributed by atoms with E-state index >= 15 is 8.78 Å². The highest BCUT2D eigenvalue weighted by atomic mass is 32.2. The van der Waals surface area contributed by atoms with Gasteiger partial charge in [0, 0.05) is 10.4 Å². The van der Waals surface area contributed by atoms with Crippen LogP contribution in [0.1, 0.15) is 56.4 Å². The molecule has 1 atom stereocenters. The first-order chi connectivity index (χ1) is 13.8. The van der Waals surface area contributed by atoms with Gasteiger partial charge in [0.05, 0.1) is 4.75 Å². The van der Waals surface area contributed by atoms with Crippen molar-refractivity contribution >= 4 is 28.3 Å². The van der Waals surface area contributed by atoms with Gasteiger partial charge in [-0.1, -0.05) is 49.1 Å². The Morgan fingerprint density at radius 2 is 1.86 bits per heavy atom. The lowest BCUT2D eigenvalue weighted by atomic mass is 9.75. The SMILES string of the molecule is CC#Cc1cccc(-c2csc(C3(C)N=C(N)SC4(CCCCC4)C3(F)F)c2)c1. The van der Waals surface area contributed by atoms with E-state index in [1.54, 1.807) is 13.8 Å². The first-order valence-electron chi connectivity index (χ1n) is 9.86. The van der Waals surface area contributed by atoms with E-state index in [0.29, 0.717) is 17.7 Å². The molecule has 1 aliphatic carbocycles.